The molecule has 1 atom stereocenters. The van der Waals surface area contributed by atoms with Crippen molar-refractivity contribution in [2.75, 3.05) is 5.32 Å². The Labute approximate surface area is 183 Å². The summed E-state index contributed by atoms with van der Waals surface area (Å²) in [5.74, 6) is -2.21. The first-order chi connectivity index (χ1) is 14.5. The van der Waals surface area contributed by atoms with Gasteiger partial charge < -0.3 is 10.1 Å². The highest BCUT2D eigenvalue weighted by atomic mass is 35.5. The Balaban J connectivity index is 1.62. The van der Waals surface area contributed by atoms with Gasteiger partial charge in [0.15, 0.2) is 5.13 Å². The summed E-state index contributed by atoms with van der Waals surface area (Å²) in [7, 11) is 0. The number of carbonyl (C=O) groups excluding carboxylic acids is 2. The van der Waals surface area contributed by atoms with Gasteiger partial charge in [-0.2, -0.15) is 0 Å². The van der Waals surface area contributed by atoms with Gasteiger partial charge in [-0.25, -0.2) is 9.78 Å². The summed E-state index contributed by atoms with van der Waals surface area (Å²) in [6.45, 7) is 1.79. The third kappa shape index (κ3) is 5.31. The minimum absolute atomic E-state index is 0.0494. The van der Waals surface area contributed by atoms with Crippen LogP contribution in [0.25, 0.3) is 11.3 Å². The molecule has 1 aromatic heterocycles. The Hall–Kier alpha value is -3.03. The van der Waals surface area contributed by atoms with Crippen LogP contribution in [-0.4, -0.2) is 22.6 Å². The number of ether oxygens (including phenoxy) is 1. The zero-order valence-electron chi connectivity index (χ0n) is 16.2. The monoisotopic (exact) mass is 441 g/mol. The molecule has 3 aromatic rings. The van der Waals surface area contributed by atoms with Crippen molar-refractivity contribution >= 4 is 45.7 Å². The van der Waals surface area contributed by atoms with E-state index in [4.69, 9.17) is 21.7 Å². The van der Waals surface area contributed by atoms with Crippen molar-refractivity contribution in [2.24, 2.45) is 5.92 Å². The Morgan fingerprint density at radius 2 is 1.87 bits per heavy atom. The molecule has 2 aromatic carbocycles. The predicted molar refractivity (Wildman–Crippen MR) is 119 cm³/mol. The number of thiazole rings is 1. The number of amides is 1. The van der Waals surface area contributed by atoms with Crippen molar-refractivity contribution < 1.29 is 14.3 Å². The molecule has 0 fully saturated rings. The summed E-state index contributed by atoms with van der Waals surface area (Å²) in [5, 5.41) is 13.5. The highest BCUT2D eigenvalue weighted by Gasteiger charge is 2.28. The van der Waals surface area contributed by atoms with Crippen molar-refractivity contribution in [3.63, 3.8) is 0 Å². The molecule has 8 heteroatoms. The fraction of sp³-hybridized carbons (Fsp3) is 0.182. The van der Waals surface area contributed by atoms with Crippen LogP contribution in [0.4, 0.5) is 5.13 Å². The third-order valence-corrected chi connectivity index (χ3v) is 5.48. The van der Waals surface area contributed by atoms with E-state index in [-0.39, 0.29) is 18.7 Å². The molecule has 1 heterocycles. The van der Waals surface area contributed by atoms with Crippen LogP contribution in [0.5, 0.6) is 0 Å². The Bertz CT molecular complexity index is 1050. The molecule has 0 radical (unpaired) electrons. The lowest BCUT2D eigenvalue weighted by Crippen LogP contribution is -2.34. The molecule has 1 unspecified atom stereocenters. The van der Waals surface area contributed by atoms with Gasteiger partial charge in [-0.1, -0.05) is 67.1 Å². The summed E-state index contributed by atoms with van der Waals surface area (Å²) >= 11 is 7.44. The van der Waals surface area contributed by atoms with Gasteiger partial charge in [0.1, 0.15) is 12.3 Å². The lowest BCUT2D eigenvalue weighted by molar-refractivity contribution is -0.137. The lowest BCUT2D eigenvalue weighted by Gasteiger charge is -2.14. The van der Waals surface area contributed by atoms with Gasteiger partial charge in [0.25, 0.3) is 0 Å². The molecule has 3 rings (SSSR count). The van der Waals surface area contributed by atoms with E-state index in [1.54, 1.807) is 18.4 Å². The summed E-state index contributed by atoms with van der Waals surface area (Å²) in [6.07, 6.45) is 0.286. The van der Waals surface area contributed by atoms with E-state index in [9.17, 15) is 9.59 Å². The summed E-state index contributed by atoms with van der Waals surface area (Å²) in [6, 6.07) is 16.5. The summed E-state index contributed by atoms with van der Waals surface area (Å²) < 4.78 is 5.18. The molecule has 2 N–H and O–H groups in total. The van der Waals surface area contributed by atoms with Crippen molar-refractivity contribution in [3.05, 3.63) is 70.6 Å². The van der Waals surface area contributed by atoms with Crippen LogP contribution < -0.4 is 5.32 Å². The number of rotatable bonds is 8. The first-order valence-electron chi connectivity index (χ1n) is 9.30. The number of nitrogens with zero attached hydrogens (tertiary/aromatic N) is 1. The Kier molecular flexibility index (Phi) is 7.32. The van der Waals surface area contributed by atoms with Crippen molar-refractivity contribution in [2.45, 2.75) is 20.0 Å². The fourth-order valence-electron chi connectivity index (χ4n) is 2.78. The molecule has 6 nitrogen and oxygen atoms in total. The molecule has 0 aliphatic heterocycles. The van der Waals surface area contributed by atoms with E-state index in [1.807, 2.05) is 48.5 Å². The lowest BCUT2D eigenvalue weighted by atomic mass is 9.99. The van der Waals surface area contributed by atoms with E-state index in [0.717, 1.165) is 11.1 Å². The molecule has 0 spiro atoms. The van der Waals surface area contributed by atoms with E-state index in [0.29, 0.717) is 15.8 Å². The number of anilines is 1. The molecule has 1 amide bonds. The molecule has 0 saturated heterocycles. The summed E-state index contributed by atoms with van der Waals surface area (Å²) in [4.78, 5) is 29.3. The van der Waals surface area contributed by atoms with Gasteiger partial charge in [-0.15, -0.1) is 11.3 Å². The van der Waals surface area contributed by atoms with E-state index in [1.165, 1.54) is 11.3 Å². The zero-order chi connectivity index (χ0) is 21.5. The van der Waals surface area contributed by atoms with Crippen LogP contribution in [0.15, 0.2) is 60.0 Å². The van der Waals surface area contributed by atoms with E-state index in [2.05, 4.69) is 10.3 Å². The van der Waals surface area contributed by atoms with Gasteiger partial charge in [-0.05, 0) is 18.1 Å². The molecular formula is C22H20ClN3O3S. The molecule has 0 bridgehead atoms. The van der Waals surface area contributed by atoms with Crippen LogP contribution in [0.3, 0.4) is 0 Å². The SMILES string of the molecule is CCC(C(=N)C(=O)OCc1ccccc1)C(=O)Nc1nc(-c2ccccc2Cl)cs1. The number of halogens is 1. The summed E-state index contributed by atoms with van der Waals surface area (Å²) in [5.41, 5.74) is 1.84. The number of hydrogen-bond acceptors (Lipinski definition) is 6. The number of aromatic nitrogens is 1. The maximum atomic E-state index is 12.7. The molecular weight excluding hydrogens is 422 g/mol. The predicted octanol–water partition coefficient (Wildman–Crippen LogP) is 5.19. The van der Waals surface area contributed by atoms with Crippen LogP contribution >= 0.6 is 22.9 Å². The molecule has 154 valence electrons. The number of hydrogen-bond donors (Lipinski definition) is 2. The first-order valence-corrected chi connectivity index (χ1v) is 10.6. The maximum absolute atomic E-state index is 12.7. The molecule has 0 saturated carbocycles. The van der Waals surface area contributed by atoms with E-state index < -0.39 is 17.8 Å². The smallest absolute Gasteiger partial charge is 0.353 e. The van der Waals surface area contributed by atoms with Crippen LogP contribution in [0.1, 0.15) is 18.9 Å². The Morgan fingerprint density at radius 3 is 2.57 bits per heavy atom. The minimum Gasteiger partial charge on any atom is -0.456 e. The number of benzene rings is 2. The fourth-order valence-corrected chi connectivity index (χ4v) is 3.73. The van der Waals surface area contributed by atoms with Gasteiger partial charge in [0.05, 0.1) is 11.6 Å². The second-order valence-electron chi connectivity index (χ2n) is 6.44. The second kappa shape index (κ2) is 10.1. The average Bonchev–Trinajstić information content (AvgIpc) is 3.21. The zero-order valence-corrected chi connectivity index (χ0v) is 17.8. The molecule has 0 aliphatic carbocycles. The number of carbonyl (C=O) groups is 2. The molecule has 30 heavy (non-hydrogen) atoms. The molecule has 0 aliphatic rings. The number of nitrogens with one attached hydrogen (secondary N) is 2. The van der Waals surface area contributed by atoms with Crippen LogP contribution in [0.2, 0.25) is 5.02 Å². The van der Waals surface area contributed by atoms with Gasteiger partial charge in [0.2, 0.25) is 5.91 Å². The largest absolute Gasteiger partial charge is 0.456 e. The van der Waals surface area contributed by atoms with E-state index >= 15 is 0 Å². The van der Waals surface area contributed by atoms with Crippen LogP contribution in [0, 0.1) is 11.3 Å². The standard InChI is InChI=1S/C22H20ClN3O3S/c1-2-15(19(24)21(28)29-12-14-8-4-3-5-9-14)20(27)26-22-25-18(13-30-22)16-10-6-7-11-17(16)23/h3-11,13,15,24H,2,12H2,1H3,(H,25,26,27). The number of esters is 1. The first kappa shape index (κ1) is 21.7. The Morgan fingerprint density at radius 1 is 1.17 bits per heavy atom. The van der Waals surface area contributed by atoms with Crippen molar-refractivity contribution in [1.82, 2.24) is 4.98 Å². The second-order valence-corrected chi connectivity index (χ2v) is 7.71. The van der Waals surface area contributed by atoms with Gasteiger partial charge in [0, 0.05) is 16.0 Å². The van der Waals surface area contributed by atoms with Crippen LogP contribution in [-0.2, 0) is 20.9 Å². The van der Waals surface area contributed by atoms with Crippen molar-refractivity contribution in [3.8, 4) is 11.3 Å². The maximum Gasteiger partial charge on any atom is 0.353 e. The quantitative estimate of drug-likeness (QED) is 0.371. The minimum atomic E-state index is -0.930. The normalized spacial score (nSPS) is 11.5. The third-order valence-electron chi connectivity index (χ3n) is 4.39. The topological polar surface area (TPSA) is 92.1 Å². The van der Waals surface area contributed by atoms with Gasteiger partial charge in [-0.3, -0.25) is 10.2 Å². The van der Waals surface area contributed by atoms with Gasteiger partial charge >= 0.3 is 5.97 Å². The average molecular weight is 442 g/mol. The highest BCUT2D eigenvalue weighted by Crippen LogP contribution is 2.30. The highest BCUT2D eigenvalue weighted by molar-refractivity contribution is 7.14. The van der Waals surface area contributed by atoms with Crippen molar-refractivity contribution in [1.29, 1.82) is 5.41 Å².